The van der Waals surface area contributed by atoms with Crippen molar-refractivity contribution in [3.8, 4) is 17.1 Å². The van der Waals surface area contributed by atoms with Crippen molar-refractivity contribution in [2.45, 2.75) is 59.3 Å². The van der Waals surface area contributed by atoms with Crippen molar-refractivity contribution < 1.29 is 4.57 Å². The molecule has 2 nitrogen and oxygen atoms in total. The molecule has 2 heteroatoms. The smallest absolute Gasteiger partial charge is 0.240 e. The predicted octanol–water partition coefficient (Wildman–Crippen LogP) is 5.85. The van der Waals surface area contributed by atoms with Crippen molar-refractivity contribution in [3.05, 3.63) is 70.5 Å². The first kappa shape index (κ1) is 17.1. The molecule has 0 atom stereocenters. The summed E-state index contributed by atoms with van der Waals surface area (Å²) in [7, 11) is 0. The highest BCUT2D eigenvalue weighted by molar-refractivity contribution is 5.63. The van der Waals surface area contributed by atoms with Crippen LogP contribution in [0, 0.1) is 27.7 Å². The normalized spacial score (nSPS) is 14.9. The van der Waals surface area contributed by atoms with Gasteiger partial charge < -0.3 is 0 Å². The summed E-state index contributed by atoms with van der Waals surface area (Å²) in [5, 5.41) is 0. The minimum atomic E-state index is 0.670. The molecule has 1 fully saturated rings. The van der Waals surface area contributed by atoms with Gasteiger partial charge in [-0.2, -0.15) is 4.57 Å². The van der Waals surface area contributed by atoms with Crippen molar-refractivity contribution in [1.29, 1.82) is 0 Å². The van der Waals surface area contributed by atoms with Gasteiger partial charge in [-0.25, -0.2) is 4.98 Å². The average molecular weight is 346 g/mol. The van der Waals surface area contributed by atoms with Crippen molar-refractivity contribution in [2.75, 3.05) is 0 Å². The number of nitrogens with zero attached hydrogens (tertiary/aromatic N) is 1. The molecule has 26 heavy (non-hydrogen) atoms. The molecule has 0 aliphatic heterocycles. The van der Waals surface area contributed by atoms with Gasteiger partial charge in [0.1, 0.15) is 17.1 Å². The molecule has 0 saturated heterocycles. The van der Waals surface area contributed by atoms with Crippen LogP contribution < -0.4 is 4.57 Å². The lowest BCUT2D eigenvalue weighted by molar-refractivity contribution is -0.589. The monoisotopic (exact) mass is 345 g/mol. The van der Waals surface area contributed by atoms with Gasteiger partial charge in [-0.1, -0.05) is 49.2 Å². The second kappa shape index (κ2) is 6.75. The van der Waals surface area contributed by atoms with Gasteiger partial charge in [-0.3, -0.25) is 0 Å². The minimum absolute atomic E-state index is 0.670. The van der Waals surface area contributed by atoms with Gasteiger partial charge in [0.25, 0.3) is 5.82 Å². The highest BCUT2D eigenvalue weighted by Gasteiger charge is 2.32. The summed E-state index contributed by atoms with van der Waals surface area (Å²) in [6, 6.07) is 15.3. The fourth-order valence-corrected chi connectivity index (χ4v) is 4.65. The standard InChI is InChI=1S/C24H28N2/c1-16-10-5-8-15-21(16)26-19(4)23(20-13-6-7-14-20)25-24(26)22-17(2)11-9-12-18(22)3/h5,8-12,15,20H,6-7,13-14H2,1-4H3/p+1. The number of nitrogens with one attached hydrogen (secondary N) is 1. The van der Waals surface area contributed by atoms with Crippen molar-refractivity contribution in [3.63, 3.8) is 0 Å². The quantitative estimate of drug-likeness (QED) is 0.575. The van der Waals surface area contributed by atoms with E-state index in [0.29, 0.717) is 5.92 Å². The number of aromatic amines is 1. The second-order valence-electron chi connectivity index (χ2n) is 7.84. The fraction of sp³-hybridized carbons (Fsp3) is 0.375. The molecule has 1 aliphatic rings. The molecular weight excluding hydrogens is 316 g/mol. The summed E-state index contributed by atoms with van der Waals surface area (Å²) in [5.41, 5.74) is 9.38. The summed E-state index contributed by atoms with van der Waals surface area (Å²) in [6.07, 6.45) is 5.32. The Kier molecular flexibility index (Phi) is 4.44. The highest BCUT2D eigenvalue weighted by Crippen LogP contribution is 2.36. The van der Waals surface area contributed by atoms with Gasteiger partial charge in [0.15, 0.2) is 0 Å². The van der Waals surface area contributed by atoms with E-state index in [1.165, 1.54) is 70.8 Å². The van der Waals surface area contributed by atoms with E-state index < -0.39 is 0 Å². The number of aromatic nitrogens is 2. The second-order valence-corrected chi connectivity index (χ2v) is 7.84. The zero-order chi connectivity index (χ0) is 18.3. The number of para-hydroxylation sites is 1. The number of imidazole rings is 1. The Hall–Kier alpha value is -2.35. The lowest BCUT2D eigenvalue weighted by Crippen LogP contribution is -2.36. The third-order valence-corrected chi connectivity index (χ3v) is 6.04. The van der Waals surface area contributed by atoms with Gasteiger partial charge >= 0.3 is 0 Å². The highest BCUT2D eigenvalue weighted by atomic mass is 15.1. The molecule has 1 heterocycles. The topological polar surface area (TPSA) is 19.7 Å². The van der Waals surface area contributed by atoms with E-state index in [1.54, 1.807) is 0 Å². The summed E-state index contributed by atoms with van der Waals surface area (Å²) in [6.45, 7) is 8.93. The number of H-pyrrole nitrogens is 1. The van der Waals surface area contributed by atoms with E-state index in [1.807, 2.05) is 0 Å². The third kappa shape index (κ3) is 2.78. The Labute approximate surface area is 156 Å². The van der Waals surface area contributed by atoms with Crippen molar-refractivity contribution in [2.24, 2.45) is 0 Å². The molecule has 1 aromatic heterocycles. The molecule has 1 N–H and O–H groups in total. The number of rotatable bonds is 3. The Morgan fingerprint density at radius 2 is 1.42 bits per heavy atom. The van der Waals surface area contributed by atoms with Crippen LogP contribution in [0.4, 0.5) is 0 Å². The number of aryl methyl sites for hydroxylation is 3. The Morgan fingerprint density at radius 3 is 2.08 bits per heavy atom. The van der Waals surface area contributed by atoms with Crippen LogP contribution in [0.2, 0.25) is 0 Å². The van der Waals surface area contributed by atoms with Crippen LogP contribution in [0.25, 0.3) is 17.1 Å². The lowest BCUT2D eigenvalue weighted by atomic mass is 10.0. The molecule has 0 bridgehead atoms. The Bertz CT molecular complexity index is 923. The number of hydrogen-bond acceptors (Lipinski definition) is 0. The molecule has 0 unspecified atom stereocenters. The van der Waals surface area contributed by atoms with Crippen LogP contribution in [0.5, 0.6) is 0 Å². The van der Waals surface area contributed by atoms with E-state index >= 15 is 0 Å². The van der Waals surface area contributed by atoms with E-state index in [2.05, 4.69) is 79.7 Å². The van der Waals surface area contributed by atoms with Crippen LogP contribution in [0.15, 0.2) is 42.5 Å². The van der Waals surface area contributed by atoms with Gasteiger partial charge in [-0.05, 0) is 56.4 Å². The van der Waals surface area contributed by atoms with E-state index in [-0.39, 0.29) is 0 Å². The molecule has 2 aromatic carbocycles. The maximum Gasteiger partial charge on any atom is 0.292 e. The predicted molar refractivity (Wildman–Crippen MR) is 108 cm³/mol. The van der Waals surface area contributed by atoms with E-state index in [0.717, 1.165) is 0 Å². The molecule has 0 radical (unpaired) electrons. The maximum absolute atomic E-state index is 3.88. The van der Waals surface area contributed by atoms with Crippen molar-refractivity contribution in [1.82, 2.24) is 4.98 Å². The van der Waals surface area contributed by atoms with Crippen LogP contribution in [0.1, 0.15) is 59.7 Å². The van der Waals surface area contributed by atoms with Gasteiger partial charge in [0.2, 0.25) is 0 Å². The zero-order valence-electron chi connectivity index (χ0n) is 16.4. The molecule has 1 saturated carbocycles. The maximum atomic E-state index is 3.88. The summed E-state index contributed by atoms with van der Waals surface area (Å²) < 4.78 is 2.46. The molecule has 134 valence electrons. The molecule has 0 spiro atoms. The first-order chi connectivity index (χ1) is 12.6. The minimum Gasteiger partial charge on any atom is -0.240 e. The zero-order valence-corrected chi connectivity index (χ0v) is 16.4. The molecule has 3 aromatic rings. The van der Waals surface area contributed by atoms with Crippen molar-refractivity contribution >= 4 is 0 Å². The Morgan fingerprint density at radius 1 is 0.808 bits per heavy atom. The molecule has 4 rings (SSSR count). The number of hydrogen-bond donors (Lipinski definition) is 1. The SMILES string of the molecule is Cc1ccccc1-[n+]1c(-c2c(C)cccc2C)[nH]c(C2CCCC2)c1C. The van der Waals surface area contributed by atoms with E-state index in [9.17, 15) is 0 Å². The first-order valence-corrected chi connectivity index (χ1v) is 9.85. The van der Waals surface area contributed by atoms with Gasteiger partial charge in [0, 0.05) is 12.8 Å². The average Bonchev–Trinajstić information content (AvgIpc) is 3.24. The molecule has 0 amide bonds. The Balaban J connectivity index is 2.01. The van der Waals surface area contributed by atoms with Crippen LogP contribution in [0.3, 0.4) is 0 Å². The lowest BCUT2D eigenvalue weighted by Gasteiger charge is -2.09. The third-order valence-electron chi connectivity index (χ3n) is 6.04. The number of benzene rings is 2. The molecule has 1 aliphatic carbocycles. The van der Waals surface area contributed by atoms with E-state index in [4.69, 9.17) is 0 Å². The van der Waals surface area contributed by atoms with Crippen LogP contribution >= 0.6 is 0 Å². The van der Waals surface area contributed by atoms with Gasteiger partial charge in [-0.15, -0.1) is 0 Å². The first-order valence-electron chi connectivity index (χ1n) is 9.85. The van der Waals surface area contributed by atoms with Crippen LogP contribution in [-0.4, -0.2) is 4.98 Å². The fourth-order valence-electron chi connectivity index (χ4n) is 4.65. The summed E-state index contributed by atoms with van der Waals surface area (Å²) in [5.74, 6) is 1.90. The summed E-state index contributed by atoms with van der Waals surface area (Å²) >= 11 is 0. The summed E-state index contributed by atoms with van der Waals surface area (Å²) in [4.78, 5) is 3.88. The molecular formula is C24H29N2+. The van der Waals surface area contributed by atoms with Gasteiger partial charge in [0.05, 0.1) is 5.56 Å². The largest absolute Gasteiger partial charge is 0.292 e. The van der Waals surface area contributed by atoms with Crippen LogP contribution in [-0.2, 0) is 0 Å².